The molecule has 1 atom stereocenters. The van der Waals surface area contributed by atoms with Gasteiger partial charge in [-0.25, -0.2) is 0 Å². The van der Waals surface area contributed by atoms with E-state index in [1.54, 1.807) is 0 Å². The molecule has 108 valence electrons. The number of nitrogens with one attached hydrogen (secondary N) is 1. The maximum Gasteiger partial charge on any atom is 0.243 e. The highest BCUT2D eigenvalue weighted by atomic mass is 16.2. The Morgan fingerprint density at radius 1 is 1.47 bits per heavy atom. The van der Waals surface area contributed by atoms with Gasteiger partial charge in [0.2, 0.25) is 11.8 Å². The highest BCUT2D eigenvalue weighted by Gasteiger charge is 2.27. The number of rotatable bonds is 5. The fraction of sp³-hybridized carbons (Fsp3) is 0.857. The van der Waals surface area contributed by atoms with Crippen molar-refractivity contribution in [1.29, 1.82) is 0 Å². The van der Waals surface area contributed by atoms with Gasteiger partial charge in [0.15, 0.2) is 0 Å². The molecule has 2 rings (SSSR count). The van der Waals surface area contributed by atoms with E-state index in [0.29, 0.717) is 25.4 Å². The number of piperidine rings is 1. The summed E-state index contributed by atoms with van der Waals surface area (Å²) in [5.41, 5.74) is 0. The first-order chi connectivity index (χ1) is 9.20. The Balaban J connectivity index is 1.80. The lowest BCUT2D eigenvalue weighted by Gasteiger charge is -2.29. The second-order valence-electron chi connectivity index (χ2n) is 5.58. The third-order valence-electron chi connectivity index (χ3n) is 4.10. The molecule has 0 aromatic carbocycles. The van der Waals surface area contributed by atoms with Crippen molar-refractivity contribution in [3.63, 3.8) is 0 Å². The number of likely N-dealkylation sites (tertiary alicyclic amines) is 1. The predicted molar refractivity (Wildman–Crippen MR) is 73.7 cm³/mol. The van der Waals surface area contributed by atoms with E-state index >= 15 is 0 Å². The van der Waals surface area contributed by atoms with Crippen molar-refractivity contribution in [2.24, 2.45) is 5.92 Å². The number of carbonyl (C=O) groups is 2. The highest BCUT2D eigenvalue weighted by Crippen LogP contribution is 2.13. The number of hydrogen-bond acceptors (Lipinski definition) is 4. The number of carbonyl (C=O) groups excluding carboxylic acids is 2. The molecule has 19 heavy (non-hydrogen) atoms. The van der Waals surface area contributed by atoms with Crippen molar-refractivity contribution >= 4 is 11.8 Å². The van der Waals surface area contributed by atoms with E-state index < -0.39 is 0 Å². The lowest BCUT2D eigenvalue weighted by Crippen LogP contribution is -2.44. The summed E-state index contributed by atoms with van der Waals surface area (Å²) in [7, 11) is 0. The molecule has 0 saturated carbocycles. The van der Waals surface area contributed by atoms with Crippen molar-refractivity contribution < 1.29 is 9.59 Å². The average molecular weight is 267 g/mol. The van der Waals surface area contributed by atoms with E-state index in [4.69, 9.17) is 0 Å². The molecule has 0 aliphatic carbocycles. The van der Waals surface area contributed by atoms with Crippen LogP contribution < -0.4 is 5.32 Å². The molecular formula is C14H25N3O2. The Bertz CT molecular complexity index is 327. The zero-order valence-electron chi connectivity index (χ0n) is 11.9. The highest BCUT2D eigenvalue weighted by molar-refractivity contribution is 5.97. The van der Waals surface area contributed by atoms with E-state index in [1.807, 2.05) is 0 Å². The topological polar surface area (TPSA) is 52.7 Å². The van der Waals surface area contributed by atoms with Crippen molar-refractivity contribution in [3.8, 4) is 0 Å². The summed E-state index contributed by atoms with van der Waals surface area (Å²) in [4.78, 5) is 27.3. The summed E-state index contributed by atoms with van der Waals surface area (Å²) < 4.78 is 0. The lowest BCUT2D eigenvalue weighted by molar-refractivity contribution is -0.142. The molecule has 2 heterocycles. The van der Waals surface area contributed by atoms with Gasteiger partial charge in [0.25, 0.3) is 0 Å². The van der Waals surface area contributed by atoms with Crippen molar-refractivity contribution in [3.05, 3.63) is 0 Å². The van der Waals surface area contributed by atoms with Gasteiger partial charge in [0.05, 0.1) is 6.54 Å². The van der Waals surface area contributed by atoms with Crippen LogP contribution in [-0.4, -0.2) is 60.9 Å². The Morgan fingerprint density at radius 3 is 2.89 bits per heavy atom. The van der Waals surface area contributed by atoms with Gasteiger partial charge in [-0.15, -0.1) is 0 Å². The molecule has 2 aliphatic rings. The first-order valence-corrected chi connectivity index (χ1v) is 7.47. The van der Waals surface area contributed by atoms with Gasteiger partial charge in [-0.1, -0.05) is 6.92 Å². The summed E-state index contributed by atoms with van der Waals surface area (Å²) in [6.45, 7) is 7.06. The quantitative estimate of drug-likeness (QED) is 0.786. The van der Waals surface area contributed by atoms with Crippen LogP contribution in [0.15, 0.2) is 0 Å². The fourth-order valence-electron chi connectivity index (χ4n) is 2.94. The Hall–Kier alpha value is -0.940. The van der Waals surface area contributed by atoms with Crippen LogP contribution in [0.5, 0.6) is 0 Å². The lowest BCUT2D eigenvalue weighted by atomic mass is 9.99. The third kappa shape index (κ3) is 4.01. The molecule has 5 heteroatoms. The van der Waals surface area contributed by atoms with E-state index in [9.17, 15) is 9.59 Å². The first kappa shape index (κ1) is 14.5. The van der Waals surface area contributed by atoms with E-state index in [1.165, 1.54) is 17.7 Å². The average Bonchev–Trinajstić information content (AvgIpc) is 2.85. The standard InChI is InChI=1S/C14H25N3O2/c1-2-16(10-12-5-3-7-15-9-12)11-14(19)17-8-4-6-13(17)18/h12,15H,2-11H2,1H3. The van der Waals surface area contributed by atoms with Crippen LogP contribution in [0, 0.1) is 5.92 Å². The molecule has 1 unspecified atom stereocenters. The summed E-state index contributed by atoms with van der Waals surface area (Å²) >= 11 is 0. The summed E-state index contributed by atoms with van der Waals surface area (Å²) in [6, 6.07) is 0. The number of hydrogen-bond donors (Lipinski definition) is 1. The summed E-state index contributed by atoms with van der Waals surface area (Å²) in [5, 5.41) is 3.40. The Labute approximate surface area is 115 Å². The van der Waals surface area contributed by atoms with Crippen LogP contribution in [0.1, 0.15) is 32.6 Å². The van der Waals surface area contributed by atoms with Gasteiger partial charge in [0, 0.05) is 19.5 Å². The first-order valence-electron chi connectivity index (χ1n) is 7.47. The second kappa shape index (κ2) is 7.01. The number of nitrogens with zero attached hydrogens (tertiary/aromatic N) is 2. The van der Waals surface area contributed by atoms with Crippen LogP contribution in [0.3, 0.4) is 0 Å². The largest absolute Gasteiger partial charge is 0.316 e. The molecule has 0 bridgehead atoms. The SMILES string of the molecule is CCN(CC(=O)N1CCCC1=O)CC1CCCNC1. The molecule has 5 nitrogen and oxygen atoms in total. The van der Waals surface area contributed by atoms with Crippen LogP contribution in [-0.2, 0) is 9.59 Å². The van der Waals surface area contributed by atoms with Crippen LogP contribution >= 0.6 is 0 Å². The minimum atomic E-state index is -0.0203. The number of amides is 2. The van der Waals surface area contributed by atoms with Gasteiger partial charge in [0.1, 0.15) is 0 Å². The van der Waals surface area contributed by atoms with Crippen LogP contribution in [0.4, 0.5) is 0 Å². The monoisotopic (exact) mass is 267 g/mol. The molecule has 0 aromatic rings. The molecule has 0 aromatic heterocycles. The summed E-state index contributed by atoms with van der Waals surface area (Å²) in [5.74, 6) is 0.615. The van der Waals surface area contributed by atoms with E-state index in [0.717, 1.165) is 32.6 Å². The smallest absolute Gasteiger partial charge is 0.243 e. The molecule has 0 radical (unpaired) electrons. The van der Waals surface area contributed by atoms with Gasteiger partial charge in [-0.05, 0) is 44.8 Å². The Morgan fingerprint density at radius 2 is 2.32 bits per heavy atom. The maximum absolute atomic E-state index is 12.1. The predicted octanol–water partition coefficient (Wildman–Crippen LogP) is 0.457. The molecule has 2 fully saturated rings. The maximum atomic E-state index is 12.1. The van der Waals surface area contributed by atoms with Gasteiger partial charge < -0.3 is 5.32 Å². The van der Waals surface area contributed by atoms with E-state index in [2.05, 4.69) is 17.1 Å². The summed E-state index contributed by atoms with van der Waals surface area (Å²) in [6.07, 6.45) is 3.81. The van der Waals surface area contributed by atoms with Gasteiger partial charge in [-0.2, -0.15) is 0 Å². The van der Waals surface area contributed by atoms with Gasteiger partial charge >= 0.3 is 0 Å². The molecule has 2 amide bonds. The Kier molecular flexibility index (Phi) is 5.34. The molecule has 0 spiro atoms. The molecule has 1 N–H and O–H groups in total. The second-order valence-corrected chi connectivity index (χ2v) is 5.58. The van der Waals surface area contributed by atoms with Gasteiger partial charge in [-0.3, -0.25) is 19.4 Å². The van der Waals surface area contributed by atoms with Crippen molar-refractivity contribution in [2.45, 2.75) is 32.6 Å². The fourth-order valence-corrected chi connectivity index (χ4v) is 2.94. The zero-order valence-corrected chi connectivity index (χ0v) is 11.9. The molecule has 2 aliphatic heterocycles. The minimum Gasteiger partial charge on any atom is -0.316 e. The van der Waals surface area contributed by atoms with Crippen molar-refractivity contribution in [2.75, 3.05) is 39.3 Å². The number of likely N-dealkylation sites (N-methyl/N-ethyl adjacent to an activating group) is 1. The van der Waals surface area contributed by atoms with Crippen molar-refractivity contribution in [1.82, 2.24) is 15.1 Å². The minimum absolute atomic E-state index is 0.000358. The van der Waals surface area contributed by atoms with Crippen LogP contribution in [0.25, 0.3) is 0 Å². The third-order valence-corrected chi connectivity index (χ3v) is 4.10. The zero-order chi connectivity index (χ0) is 13.7. The van der Waals surface area contributed by atoms with Crippen LogP contribution in [0.2, 0.25) is 0 Å². The normalized spacial score (nSPS) is 24.2. The molecular weight excluding hydrogens is 242 g/mol. The van der Waals surface area contributed by atoms with E-state index in [-0.39, 0.29) is 11.8 Å². The number of imide groups is 1. The molecule has 2 saturated heterocycles.